The Balaban J connectivity index is 1.96. The number of thiophene rings is 2. The second-order valence-corrected chi connectivity index (χ2v) is 11.4. The van der Waals surface area contributed by atoms with Crippen molar-refractivity contribution in [2.75, 3.05) is 11.5 Å². The normalized spacial score (nSPS) is 21.4. The van der Waals surface area contributed by atoms with E-state index in [4.69, 9.17) is 0 Å². The number of rotatable bonds is 5. The maximum Gasteiger partial charge on any atom is 0.253 e. The van der Waals surface area contributed by atoms with E-state index < -0.39 is 25.9 Å². The van der Waals surface area contributed by atoms with Crippen molar-refractivity contribution in [1.82, 2.24) is 4.31 Å². The molecule has 22 heavy (non-hydrogen) atoms. The summed E-state index contributed by atoms with van der Waals surface area (Å²) in [6.07, 6.45) is 0.359. The summed E-state index contributed by atoms with van der Waals surface area (Å²) < 4.78 is 50.8. The van der Waals surface area contributed by atoms with E-state index in [2.05, 4.69) is 0 Å². The molecule has 3 rings (SSSR count). The lowest BCUT2D eigenvalue weighted by molar-refractivity contribution is 0.337. The Bertz CT molecular complexity index is 823. The molecule has 5 nitrogen and oxygen atoms in total. The van der Waals surface area contributed by atoms with Gasteiger partial charge in [0, 0.05) is 17.5 Å². The van der Waals surface area contributed by atoms with Crippen LogP contribution in [0.5, 0.6) is 0 Å². The van der Waals surface area contributed by atoms with Gasteiger partial charge in [-0.2, -0.15) is 4.31 Å². The van der Waals surface area contributed by atoms with Gasteiger partial charge in [-0.05, 0) is 29.3 Å². The molecule has 1 atom stereocenters. The molecule has 1 aliphatic heterocycles. The third kappa shape index (κ3) is 3.28. The zero-order chi connectivity index (χ0) is 15.8. The van der Waals surface area contributed by atoms with Crippen LogP contribution in [0.2, 0.25) is 0 Å². The Morgan fingerprint density at radius 3 is 2.45 bits per heavy atom. The second kappa shape index (κ2) is 6.04. The van der Waals surface area contributed by atoms with Gasteiger partial charge in [-0.15, -0.1) is 22.7 Å². The molecule has 9 heteroatoms. The van der Waals surface area contributed by atoms with Crippen LogP contribution in [0.1, 0.15) is 11.3 Å². The van der Waals surface area contributed by atoms with Crippen LogP contribution in [0.4, 0.5) is 0 Å². The predicted molar refractivity (Wildman–Crippen MR) is 88.4 cm³/mol. The van der Waals surface area contributed by atoms with Crippen LogP contribution < -0.4 is 0 Å². The smallest absolute Gasteiger partial charge is 0.229 e. The average Bonchev–Trinajstić information content (AvgIpc) is 3.17. The molecule has 1 unspecified atom stereocenters. The van der Waals surface area contributed by atoms with Crippen LogP contribution >= 0.6 is 22.7 Å². The summed E-state index contributed by atoms with van der Waals surface area (Å²) in [5.74, 6) is -0.0401. The van der Waals surface area contributed by atoms with Crippen LogP contribution in [0, 0.1) is 0 Å². The van der Waals surface area contributed by atoms with E-state index in [1.165, 1.54) is 15.6 Å². The highest BCUT2D eigenvalue weighted by atomic mass is 32.2. The highest BCUT2D eigenvalue weighted by Gasteiger charge is 2.39. The molecular formula is C13H15NO4S4. The Morgan fingerprint density at radius 1 is 1.18 bits per heavy atom. The van der Waals surface area contributed by atoms with Gasteiger partial charge in [-0.25, -0.2) is 16.8 Å². The van der Waals surface area contributed by atoms with Crippen LogP contribution in [-0.4, -0.2) is 38.7 Å². The summed E-state index contributed by atoms with van der Waals surface area (Å²) in [5, 5.41) is 3.60. The summed E-state index contributed by atoms with van der Waals surface area (Å²) in [7, 11) is -6.82. The van der Waals surface area contributed by atoms with E-state index >= 15 is 0 Å². The third-order valence-electron chi connectivity index (χ3n) is 3.57. The Hall–Kier alpha value is -0.740. The molecule has 0 saturated carbocycles. The molecule has 2 aromatic rings. The van der Waals surface area contributed by atoms with Gasteiger partial charge in [0.15, 0.2) is 9.84 Å². The molecule has 1 fully saturated rings. The van der Waals surface area contributed by atoms with E-state index in [0.717, 1.165) is 16.2 Å². The van der Waals surface area contributed by atoms with Crippen molar-refractivity contribution in [2.45, 2.75) is 23.2 Å². The summed E-state index contributed by atoms with van der Waals surface area (Å²) in [6, 6.07) is 6.49. The highest BCUT2D eigenvalue weighted by molar-refractivity contribution is 7.92. The fourth-order valence-corrected chi connectivity index (χ4v) is 7.86. The number of sulfonamides is 1. The van der Waals surface area contributed by atoms with Crippen molar-refractivity contribution >= 4 is 42.5 Å². The average molecular weight is 378 g/mol. The van der Waals surface area contributed by atoms with Crippen LogP contribution in [0.15, 0.2) is 39.2 Å². The topological polar surface area (TPSA) is 71.5 Å². The van der Waals surface area contributed by atoms with E-state index in [9.17, 15) is 16.8 Å². The first-order chi connectivity index (χ1) is 10.4. The van der Waals surface area contributed by atoms with Crippen molar-refractivity contribution in [3.63, 3.8) is 0 Å². The first-order valence-electron chi connectivity index (χ1n) is 6.67. The van der Waals surface area contributed by atoms with Crippen molar-refractivity contribution in [2.24, 2.45) is 0 Å². The lowest BCUT2D eigenvalue weighted by atomic mass is 10.2. The van der Waals surface area contributed by atoms with E-state index in [0.29, 0.717) is 6.42 Å². The molecular weight excluding hydrogens is 362 g/mol. The van der Waals surface area contributed by atoms with Gasteiger partial charge >= 0.3 is 0 Å². The van der Waals surface area contributed by atoms with E-state index in [1.54, 1.807) is 17.5 Å². The molecule has 120 valence electrons. The Kier molecular flexibility index (Phi) is 4.43. The fraction of sp³-hybridized carbons (Fsp3) is 0.385. The zero-order valence-corrected chi connectivity index (χ0v) is 14.8. The molecule has 2 aromatic heterocycles. The minimum atomic E-state index is -3.67. The molecule has 0 N–H and O–H groups in total. The zero-order valence-electron chi connectivity index (χ0n) is 11.6. The SMILES string of the molecule is O=S1(=O)CCC(N(Cc2cccs2)S(=O)(=O)c2cccs2)C1. The van der Waals surface area contributed by atoms with Crippen LogP contribution in [0.3, 0.4) is 0 Å². The molecule has 0 aliphatic carbocycles. The summed E-state index contributed by atoms with van der Waals surface area (Å²) in [5.41, 5.74) is 0. The molecule has 1 aliphatic rings. The molecule has 0 aromatic carbocycles. The first kappa shape index (κ1) is 16.1. The number of hydrogen-bond acceptors (Lipinski definition) is 6. The standard InChI is InChI=1S/C13H15NO4S4/c15-21(16)8-5-11(10-21)14(9-12-3-1-6-19-12)22(17,18)13-4-2-7-20-13/h1-4,6-7,11H,5,8-10H2. The van der Waals surface area contributed by atoms with Gasteiger partial charge in [0.2, 0.25) is 0 Å². The van der Waals surface area contributed by atoms with Crippen molar-refractivity contribution in [3.8, 4) is 0 Å². The van der Waals surface area contributed by atoms with Crippen molar-refractivity contribution in [3.05, 3.63) is 39.9 Å². The minimum Gasteiger partial charge on any atom is -0.229 e. The van der Waals surface area contributed by atoms with Crippen molar-refractivity contribution in [1.29, 1.82) is 0 Å². The first-order valence-corrected chi connectivity index (χ1v) is 11.7. The molecule has 0 amide bonds. The summed E-state index contributed by atoms with van der Waals surface area (Å²) >= 11 is 2.62. The van der Waals surface area contributed by atoms with Gasteiger partial charge < -0.3 is 0 Å². The lowest BCUT2D eigenvalue weighted by Gasteiger charge is -2.26. The predicted octanol–water partition coefficient (Wildman–Crippen LogP) is 2.19. The van der Waals surface area contributed by atoms with Gasteiger partial charge in [-0.1, -0.05) is 12.1 Å². The second-order valence-electron chi connectivity index (χ2n) is 5.12. The summed E-state index contributed by atoms with van der Waals surface area (Å²) in [4.78, 5) is 0.907. The molecule has 0 bridgehead atoms. The number of hydrogen-bond donors (Lipinski definition) is 0. The van der Waals surface area contributed by atoms with Gasteiger partial charge in [0.25, 0.3) is 10.0 Å². The minimum absolute atomic E-state index is 0.0541. The monoisotopic (exact) mass is 377 g/mol. The van der Waals surface area contributed by atoms with E-state index in [1.807, 2.05) is 17.5 Å². The molecule has 0 spiro atoms. The quantitative estimate of drug-likeness (QED) is 0.801. The Labute approximate surface area is 138 Å². The van der Waals surface area contributed by atoms with Gasteiger partial charge in [-0.3, -0.25) is 0 Å². The van der Waals surface area contributed by atoms with Crippen LogP contribution in [-0.2, 0) is 26.4 Å². The maximum atomic E-state index is 12.9. The third-order valence-corrected chi connectivity index (χ3v) is 9.45. The fourth-order valence-electron chi connectivity index (χ4n) is 2.49. The van der Waals surface area contributed by atoms with Crippen LogP contribution in [0.25, 0.3) is 0 Å². The molecule has 1 saturated heterocycles. The largest absolute Gasteiger partial charge is 0.253 e. The van der Waals surface area contributed by atoms with Gasteiger partial charge in [0.05, 0.1) is 11.5 Å². The van der Waals surface area contributed by atoms with Crippen molar-refractivity contribution < 1.29 is 16.8 Å². The molecule has 0 radical (unpaired) electrons. The summed E-state index contributed by atoms with van der Waals surface area (Å²) in [6.45, 7) is 0.220. The molecule has 3 heterocycles. The van der Waals surface area contributed by atoms with Gasteiger partial charge in [0.1, 0.15) is 4.21 Å². The number of nitrogens with zero attached hydrogens (tertiary/aromatic N) is 1. The number of sulfone groups is 1. The lowest BCUT2D eigenvalue weighted by Crippen LogP contribution is -2.40. The van der Waals surface area contributed by atoms with E-state index in [-0.39, 0.29) is 22.3 Å². The Morgan fingerprint density at radius 2 is 1.91 bits per heavy atom. The maximum absolute atomic E-state index is 12.9. The highest BCUT2D eigenvalue weighted by Crippen LogP contribution is 2.29.